The number of nitriles is 1. The highest BCUT2D eigenvalue weighted by molar-refractivity contribution is 7.99. The first-order chi connectivity index (χ1) is 14.3. The predicted molar refractivity (Wildman–Crippen MR) is 107 cm³/mol. The molecule has 0 radical (unpaired) electrons. The van der Waals surface area contributed by atoms with E-state index < -0.39 is 17.7 Å². The minimum atomic E-state index is -4.65. The number of hydrogen-bond acceptors (Lipinski definition) is 5. The van der Waals surface area contributed by atoms with Crippen molar-refractivity contribution < 1.29 is 17.6 Å². The standard InChI is InChI=1S/C18H11Cl2F4N5S/c19-12-5-11(18(22,23)24)6-13(20)15(12)29-17(16(30-9-21)14(7-25)28-29)27-8-10-1-3-26-4-2-10/h1-6,27H,8-9H2. The Labute approximate surface area is 182 Å². The Balaban J connectivity index is 2.13. The molecule has 0 aliphatic rings. The monoisotopic (exact) mass is 475 g/mol. The molecule has 3 rings (SSSR count). The molecule has 5 nitrogen and oxygen atoms in total. The van der Waals surface area contributed by atoms with Gasteiger partial charge in [-0.1, -0.05) is 35.0 Å². The average Bonchev–Trinajstić information content (AvgIpc) is 3.03. The van der Waals surface area contributed by atoms with Crippen molar-refractivity contribution in [1.29, 1.82) is 5.26 Å². The zero-order chi connectivity index (χ0) is 21.9. The number of benzene rings is 1. The Kier molecular flexibility index (Phi) is 6.75. The van der Waals surface area contributed by atoms with Gasteiger partial charge in [-0.2, -0.15) is 23.5 Å². The van der Waals surface area contributed by atoms with E-state index >= 15 is 0 Å². The first-order valence-corrected chi connectivity index (χ1v) is 9.91. The van der Waals surface area contributed by atoms with Crippen molar-refractivity contribution in [2.45, 2.75) is 17.6 Å². The Morgan fingerprint density at radius 3 is 2.33 bits per heavy atom. The maximum Gasteiger partial charge on any atom is 0.416 e. The summed E-state index contributed by atoms with van der Waals surface area (Å²) in [6.45, 7) is 0.245. The van der Waals surface area contributed by atoms with Gasteiger partial charge in [0, 0.05) is 18.9 Å². The summed E-state index contributed by atoms with van der Waals surface area (Å²) < 4.78 is 53.4. The van der Waals surface area contributed by atoms with Gasteiger partial charge in [-0.25, -0.2) is 9.07 Å². The van der Waals surface area contributed by atoms with E-state index in [0.29, 0.717) is 23.9 Å². The van der Waals surface area contributed by atoms with E-state index in [4.69, 9.17) is 23.2 Å². The fourth-order valence-corrected chi connectivity index (χ4v) is 3.88. The van der Waals surface area contributed by atoms with Gasteiger partial charge >= 0.3 is 6.18 Å². The third-order valence-corrected chi connectivity index (χ3v) is 5.27. The van der Waals surface area contributed by atoms with Crippen LogP contribution in [0.4, 0.5) is 23.4 Å². The number of anilines is 1. The maximum absolute atomic E-state index is 13.1. The van der Waals surface area contributed by atoms with Crippen LogP contribution in [0.3, 0.4) is 0 Å². The highest BCUT2D eigenvalue weighted by atomic mass is 35.5. The molecule has 0 amide bonds. The number of nitrogens with one attached hydrogen (secondary N) is 1. The smallest absolute Gasteiger partial charge is 0.365 e. The molecule has 2 heterocycles. The Hall–Kier alpha value is -2.48. The fourth-order valence-electron chi connectivity index (χ4n) is 2.60. The Morgan fingerprint density at radius 1 is 1.17 bits per heavy atom. The summed E-state index contributed by atoms with van der Waals surface area (Å²) in [5, 5.41) is 15.9. The third-order valence-electron chi connectivity index (χ3n) is 3.91. The Morgan fingerprint density at radius 2 is 1.80 bits per heavy atom. The number of alkyl halides is 4. The van der Waals surface area contributed by atoms with E-state index in [1.807, 2.05) is 6.07 Å². The summed E-state index contributed by atoms with van der Waals surface area (Å²) in [4.78, 5) is 4.09. The largest absolute Gasteiger partial charge is 0.416 e. The zero-order valence-electron chi connectivity index (χ0n) is 14.8. The van der Waals surface area contributed by atoms with Gasteiger partial charge < -0.3 is 5.32 Å². The second kappa shape index (κ2) is 9.12. The summed E-state index contributed by atoms with van der Waals surface area (Å²) in [6.07, 6.45) is -1.49. The predicted octanol–water partition coefficient (Wildman–Crippen LogP) is 6.10. The van der Waals surface area contributed by atoms with Crippen LogP contribution in [0.2, 0.25) is 10.0 Å². The van der Waals surface area contributed by atoms with Gasteiger partial charge in [0.1, 0.15) is 23.6 Å². The van der Waals surface area contributed by atoms with Crippen LogP contribution in [0.1, 0.15) is 16.8 Å². The van der Waals surface area contributed by atoms with Crippen LogP contribution in [0.5, 0.6) is 0 Å². The molecule has 2 aromatic heterocycles. The first kappa shape index (κ1) is 22.2. The van der Waals surface area contributed by atoms with Gasteiger partial charge in [0.2, 0.25) is 0 Å². The molecule has 0 saturated heterocycles. The Bertz CT molecular complexity index is 1070. The molecule has 0 spiro atoms. The maximum atomic E-state index is 13.1. The molecular formula is C18H11Cl2F4N5S. The fraction of sp³-hybridized carbons (Fsp3) is 0.167. The van der Waals surface area contributed by atoms with Crippen LogP contribution < -0.4 is 5.32 Å². The molecule has 0 saturated carbocycles. The first-order valence-electron chi connectivity index (χ1n) is 8.17. The highest BCUT2D eigenvalue weighted by Gasteiger charge is 2.33. The lowest BCUT2D eigenvalue weighted by Crippen LogP contribution is -2.10. The minimum absolute atomic E-state index is 0.0641. The molecule has 12 heteroatoms. The van der Waals surface area contributed by atoms with Crippen molar-refractivity contribution in [3.05, 3.63) is 63.5 Å². The molecule has 156 valence electrons. The molecule has 0 bridgehead atoms. The summed E-state index contributed by atoms with van der Waals surface area (Å²) >= 11 is 12.9. The highest BCUT2D eigenvalue weighted by Crippen LogP contribution is 2.41. The number of thioether (sulfide) groups is 1. The van der Waals surface area contributed by atoms with E-state index in [1.165, 1.54) is 0 Å². The van der Waals surface area contributed by atoms with Crippen molar-refractivity contribution >= 4 is 40.8 Å². The SMILES string of the molecule is N#Cc1nn(-c2c(Cl)cc(C(F)(F)F)cc2Cl)c(NCc2ccncc2)c1SCF. The van der Waals surface area contributed by atoms with Crippen LogP contribution >= 0.6 is 35.0 Å². The normalized spacial score (nSPS) is 11.4. The van der Waals surface area contributed by atoms with E-state index in [9.17, 15) is 22.8 Å². The summed E-state index contributed by atoms with van der Waals surface area (Å²) in [6, 6.07) is 5.90. The van der Waals surface area contributed by atoms with Gasteiger partial charge in [-0.05, 0) is 29.8 Å². The molecule has 0 unspecified atom stereocenters. The van der Waals surface area contributed by atoms with Crippen molar-refractivity contribution in [3.63, 3.8) is 0 Å². The van der Waals surface area contributed by atoms with Gasteiger partial charge in [0.25, 0.3) is 0 Å². The van der Waals surface area contributed by atoms with Crippen LogP contribution in [-0.2, 0) is 12.7 Å². The molecule has 0 fully saturated rings. The van der Waals surface area contributed by atoms with Gasteiger partial charge in [-0.15, -0.1) is 0 Å². The number of aromatic nitrogens is 3. The quantitative estimate of drug-likeness (QED) is 0.344. The van der Waals surface area contributed by atoms with E-state index in [2.05, 4.69) is 15.4 Å². The van der Waals surface area contributed by atoms with Crippen molar-refractivity contribution in [1.82, 2.24) is 14.8 Å². The number of halogens is 6. The topological polar surface area (TPSA) is 66.5 Å². The average molecular weight is 476 g/mol. The summed E-state index contributed by atoms with van der Waals surface area (Å²) in [5.74, 6) is 0.176. The number of nitrogens with zero attached hydrogens (tertiary/aromatic N) is 4. The second-order valence-electron chi connectivity index (χ2n) is 5.80. The van der Waals surface area contributed by atoms with Crippen LogP contribution in [-0.4, -0.2) is 20.8 Å². The van der Waals surface area contributed by atoms with Crippen molar-refractivity contribution in [2.24, 2.45) is 0 Å². The van der Waals surface area contributed by atoms with Crippen molar-refractivity contribution in [3.8, 4) is 11.8 Å². The molecule has 30 heavy (non-hydrogen) atoms. The lowest BCUT2D eigenvalue weighted by atomic mass is 10.2. The van der Waals surface area contributed by atoms with E-state index in [-0.39, 0.29) is 38.7 Å². The van der Waals surface area contributed by atoms with Gasteiger partial charge in [-0.3, -0.25) is 4.98 Å². The molecule has 0 atom stereocenters. The van der Waals surface area contributed by atoms with Gasteiger partial charge in [0.15, 0.2) is 5.69 Å². The number of pyridine rings is 1. The molecule has 1 N–H and O–H groups in total. The second-order valence-corrected chi connectivity index (χ2v) is 7.53. The minimum Gasteiger partial charge on any atom is -0.365 e. The number of rotatable bonds is 6. The molecule has 0 aliphatic carbocycles. The molecule has 0 aliphatic heterocycles. The van der Waals surface area contributed by atoms with E-state index in [1.54, 1.807) is 24.5 Å². The van der Waals surface area contributed by atoms with Crippen LogP contribution in [0, 0.1) is 11.3 Å². The summed E-state index contributed by atoms with van der Waals surface area (Å²) in [7, 11) is 0. The van der Waals surface area contributed by atoms with Gasteiger partial charge in [0.05, 0.1) is 20.5 Å². The lowest BCUT2D eigenvalue weighted by molar-refractivity contribution is -0.137. The molecular weight excluding hydrogens is 465 g/mol. The van der Waals surface area contributed by atoms with Crippen molar-refractivity contribution in [2.75, 3.05) is 11.3 Å². The third kappa shape index (κ3) is 4.64. The number of hydrogen-bond donors (Lipinski definition) is 1. The summed E-state index contributed by atoms with van der Waals surface area (Å²) in [5.41, 5.74) is -0.400. The van der Waals surface area contributed by atoms with Crippen LogP contribution in [0.15, 0.2) is 41.6 Å². The zero-order valence-corrected chi connectivity index (χ0v) is 17.2. The van der Waals surface area contributed by atoms with E-state index in [0.717, 1.165) is 10.2 Å². The molecule has 3 aromatic rings. The lowest BCUT2D eigenvalue weighted by Gasteiger charge is -2.16. The van der Waals surface area contributed by atoms with Crippen LogP contribution in [0.25, 0.3) is 5.69 Å². The molecule has 1 aromatic carbocycles.